The van der Waals surface area contributed by atoms with Crippen molar-refractivity contribution in [2.75, 3.05) is 6.61 Å². The standard InChI is InChI=1S/C25H28N8O/c1-14-15(2)28-25-23(27-14)22(19-13-32-8-3-4-21(32)29-19)30-24(31-25)16-7-9-34-20(10-16)17-11-26-33(12-17)18-5-6-18/h11-13,16,18,20H,3-10H2,1-2H3/t16-,20+/m1/s1. The van der Waals surface area contributed by atoms with Crippen LogP contribution in [0.5, 0.6) is 0 Å². The third-order valence-electron chi connectivity index (χ3n) is 7.42. The van der Waals surface area contributed by atoms with Crippen molar-refractivity contribution in [1.82, 2.24) is 39.3 Å². The average Bonchev–Trinajstić information content (AvgIpc) is 3.22. The maximum atomic E-state index is 6.16. The summed E-state index contributed by atoms with van der Waals surface area (Å²) in [5.74, 6) is 2.12. The van der Waals surface area contributed by atoms with Gasteiger partial charge in [-0.15, -0.1) is 0 Å². The second-order valence-corrected chi connectivity index (χ2v) is 9.90. The summed E-state index contributed by atoms with van der Waals surface area (Å²) in [4.78, 5) is 24.5. The van der Waals surface area contributed by atoms with E-state index in [9.17, 15) is 0 Å². The van der Waals surface area contributed by atoms with Gasteiger partial charge in [-0.25, -0.2) is 24.9 Å². The Morgan fingerprint density at radius 1 is 0.971 bits per heavy atom. The number of aromatic nitrogens is 8. The normalized spacial score (nSPS) is 22.4. The fourth-order valence-electron chi connectivity index (χ4n) is 5.18. The van der Waals surface area contributed by atoms with Crippen LogP contribution in [0.3, 0.4) is 0 Å². The molecule has 2 aliphatic heterocycles. The summed E-state index contributed by atoms with van der Waals surface area (Å²) < 4.78 is 10.5. The van der Waals surface area contributed by atoms with Crippen molar-refractivity contribution in [2.45, 2.75) is 77.0 Å². The van der Waals surface area contributed by atoms with Crippen molar-refractivity contribution in [2.24, 2.45) is 0 Å². The van der Waals surface area contributed by atoms with E-state index in [1.165, 1.54) is 12.8 Å². The molecular formula is C25H28N8O. The quantitative estimate of drug-likeness (QED) is 0.458. The van der Waals surface area contributed by atoms with Crippen molar-refractivity contribution in [3.8, 4) is 11.4 Å². The zero-order valence-corrected chi connectivity index (χ0v) is 19.6. The van der Waals surface area contributed by atoms with Crippen LogP contribution in [0.15, 0.2) is 18.6 Å². The minimum atomic E-state index is 0.0104. The molecule has 0 unspecified atom stereocenters. The van der Waals surface area contributed by atoms with E-state index < -0.39 is 0 Å². The fourth-order valence-corrected chi connectivity index (χ4v) is 5.18. The number of nitrogens with zero attached hydrogens (tertiary/aromatic N) is 8. The minimum absolute atomic E-state index is 0.0104. The van der Waals surface area contributed by atoms with Crippen molar-refractivity contribution in [1.29, 1.82) is 0 Å². The van der Waals surface area contributed by atoms with Crippen LogP contribution in [-0.4, -0.2) is 45.9 Å². The molecule has 2 fully saturated rings. The number of hydrogen-bond acceptors (Lipinski definition) is 7. The number of rotatable bonds is 4. The molecule has 9 nitrogen and oxygen atoms in total. The van der Waals surface area contributed by atoms with Gasteiger partial charge >= 0.3 is 0 Å². The molecule has 0 bridgehead atoms. The fraction of sp³-hybridized carbons (Fsp3) is 0.520. The second kappa shape index (κ2) is 7.66. The Balaban J connectivity index is 1.28. The maximum Gasteiger partial charge on any atom is 0.182 e. The zero-order valence-electron chi connectivity index (χ0n) is 19.6. The Bertz CT molecular complexity index is 1380. The van der Waals surface area contributed by atoms with Gasteiger partial charge in [0.25, 0.3) is 0 Å². The predicted molar refractivity (Wildman–Crippen MR) is 125 cm³/mol. The molecule has 0 radical (unpaired) electrons. The largest absolute Gasteiger partial charge is 0.373 e. The molecule has 2 atom stereocenters. The van der Waals surface area contributed by atoms with Crippen LogP contribution in [0.4, 0.5) is 0 Å². The summed E-state index contributed by atoms with van der Waals surface area (Å²) in [5, 5.41) is 4.56. The molecule has 0 N–H and O–H groups in total. The molecule has 0 spiro atoms. The molecule has 0 amide bonds. The van der Waals surface area contributed by atoms with E-state index in [0.717, 1.165) is 77.7 Å². The van der Waals surface area contributed by atoms with Gasteiger partial charge in [0.2, 0.25) is 0 Å². The summed E-state index contributed by atoms with van der Waals surface area (Å²) in [6, 6.07) is 0.571. The molecule has 174 valence electrons. The first-order valence-corrected chi connectivity index (χ1v) is 12.4. The lowest BCUT2D eigenvalue weighted by atomic mass is 9.92. The highest BCUT2D eigenvalue weighted by molar-refractivity contribution is 5.85. The highest BCUT2D eigenvalue weighted by Crippen LogP contribution is 2.39. The van der Waals surface area contributed by atoms with Crippen LogP contribution in [0.2, 0.25) is 0 Å². The molecule has 4 aromatic rings. The Morgan fingerprint density at radius 2 is 1.85 bits per heavy atom. The van der Waals surface area contributed by atoms with Gasteiger partial charge in [-0.2, -0.15) is 5.10 Å². The monoisotopic (exact) mass is 456 g/mol. The van der Waals surface area contributed by atoms with Gasteiger partial charge in [-0.3, -0.25) is 4.68 Å². The Labute approximate surface area is 197 Å². The number of aryl methyl sites for hydroxylation is 4. The third kappa shape index (κ3) is 3.41. The first-order valence-electron chi connectivity index (χ1n) is 12.4. The van der Waals surface area contributed by atoms with Crippen LogP contribution in [0.1, 0.15) is 78.8 Å². The third-order valence-corrected chi connectivity index (χ3v) is 7.42. The molecule has 34 heavy (non-hydrogen) atoms. The number of ether oxygens (including phenoxy) is 1. The number of hydrogen-bond donors (Lipinski definition) is 0. The summed E-state index contributed by atoms with van der Waals surface area (Å²) in [6.07, 6.45) is 12.6. The lowest BCUT2D eigenvalue weighted by molar-refractivity contribution is 0.00396. The molecule has 1 saturated carbocycles. The van der Waals surface area contributed by atoms with E-state index in [4.69, 9.17) is 29.7 Å². The van der Waals surface area contributed by atoms with E-state index in [-0.39, 0.29) is 12.0 Å². The molecule has 3 aliphatic rings. The van der Waals surface area contributed by atoms with Crippen LogP contribution < -0.4 is 0 Å². The molecule has 1 aliphatic carbocycles. The number of fused-ring (bicyclic) bond motifs is 2. The average molecular weight is 457 g/mol. The lowest BCUT2D eigenvalue weighted by Crippen LogP contribution is -2.20. The minimum Gasteiger partial charge on any atom is -0.373 e. The maximum absolute atomic E-state index is 6.16. The first kappa shape index (κ1) is 20.2. The van der Waals surface area contributed by atoms with Crippen molar-refractivity contribution in [3.05, 3.63) is 47.2 Å². The summed E-state index contributed by atoms with van der Waals surface area (Å²) >= 11 is 0. The van der Waals surface area contributed by atoms with Gasteiger partial charge in [0, 0.05) is 43.4 Å². The van der Waals surface area contributed by atoms with Gasteiger partial charge in [-0.1, -0.05) is 0 Å². The highest BCUT2D eigenvalue weighted by atomic mass is 16.5. The molecule has 7 rings (SSSR count). The summed E-state index contributed by atoms with van der Waals surface area (Å²) in [5.41, 5.74) is 5.99. The summed E-state index contributed by atoms with van der Waals surface area (Å²) in [6.45, 7) is 5.66. The van der Waals surface area contributed by atoms with Gasteiger partial charge in [-0.05, 0) is 46.0 Å². The zero-order chi connectivity index (χ0) is 22.8. The van der Waals surface area contributed by atoms with E-state index >= 15 is 0 Å². The first-order chi connectivity index (χ1) is 16.6. The molecule has 4 aromatic heterocycles. The van der Waals surface area contributed by atoms with E-state index in [1.54, 1.807) is 0 Å². The Hall–Kier alpha value is -3.20. The van der Waals surface area contributed by atoms with E-state index in [0.29, 0.717) is 18.3 Å². The van der Waals surface area contributed by atoms with Crippen molar-refractivity contribution < 1.29 is 4.74 Å². The Morgan fingerprint density at radius 3 is 2.71 bits per heavy atom. The molecule has 6 heterocycles. The van der Waals surface area contributed by atoms with E-state index in [1.807, 2.05) is 20.0 Å². The van der Waals surface area contributed by atoms with Crippen molar-refractivity contribution in [3.63, 3.8) is 0 Å². The SMILES string of the molecule is Cc1nc2nc([C@@H]3CCO[C@H](c4cnn(C5CC5)c4)C3)nc(-c3cn4c(n3)CCC4)c2nc1C. The van der Waals surface area contributed by atoms with Crippen molar-refractivity contribution >= 4 is 11.2 Å². The Kier molecular flexibility index (Phi) is 4.55. The van der Waals surface area contributed by atoms with Crippen LogP contribution in [-0.2, 0) is 17.7 Å². The van der Waals surface area contributed by atoms with Gasteiger partial charge in [0.15, 0.2) is 5.65 Å². The van der Waals surface area contributed by atoms with Gasteiger partial charge < -0.3 is 9.30 Å². The molecular weight excluding hydrogens is 428 g/mol. The number of imidazole rings is 1. The lowest BCUT2D eigenvalue weighted by Gasteiger charge is -2.28. The van der Waals surface area contributed by atoms with Gasteiger partial charge in [0.05, 0.1) is 29.7 Å². The molecule has 1 saturated heterocycles. The molecule has 9 heteroatoms. The predicted octanol–water partition coefficient (Wildman–Crippen LogP) is 4.01. The molecule has 0 aromatic carbocycles. The second-order valence-electron chi connectivity index (χ2n) is 9.90. The topological polar surface area (TPSA) is 96.4 Å². The van der Waals surface area contributed by atoms with Gasteiger partial charge in [0.1, 0.15) is 28.6 Å². The van der Waals surface area contributed by atoms with Crippen LogP contribution in [0, 0.1) is 13.8 Å². The van der Waals surface area contributed by atoms with E-state index in [2.05, 4.69) is 26.7 Å². The highest BCUT2D eigenvalue weighted by Gasteiger charge is 2.31. The smallest absolute Gasteiger partial charge is 0.182 e. The van der Waals surface area contributed by atoms with Crippen LogP contribution >= 0.6 is 0 Å². The van der Waals surface area contributed by atoms with Crippen LogP contribution in [0.25, 0.3) is 22.6 Å². The summed E-state index contributed by atoms with van der Waals surface area (Å²) in [7, 11) is 0.